The molecule has 0 aromatic heterocycles. The Morgan fingerprint density at radius 2 is 1.93 bits per heavy atom. The number of hydrogen-bond donors (Lipinski definition) is 1. The predicted octanol–water partition coefficient (Wildman–Crippen LogP) is 0.0533. The van der Waals surface area contributed by atoms with Crippen molar-refractivity contribution in [3.63, 3.8) is 0 Å². The Morgan fingerprint density at radius 1 is 1.43 bits per heavy atom. The average Bonchev–Trinajstić information content (AvgIpc) is 2.18. The normalized spacial score (nSPS) is 21.8. The van der Waals surface area contributed by atoms with E-state index in [1.54, 1.807) is 0 Å². The molecule has 0 unspecified atom stereocenters. The molecule has 0 saturated carbocycles. The van der Waals surface area contributed by atoms with Gasteiger partial charge in [-0.2, -0.15) is 0 Å². The van der Waals surface area contributed by atoms with E-state index in [2.05, 4.69) is 0 Å². The summed E-state index contributed by atoms with van der Waals surface area (Å²) in [5.74, 6) is -1.28. The first-order valence-corrected chi connectivity index (χ1v) is 6.10. The minimum absolute atomic E-state index is 0.399. The molecule has 1 aliphatic rings. The topological polar surface area (TPSA) is 80.7 Å². The highest BCUT2D eigenvalue weighted by molar-refractivity contribution is 7.93. The Morgan fingerprint density at radius 3 is 2.36 bits per heavy atom. The molecule has 5 nitrogen and oxygen atoms in total. The lowest BCUT2D eigenvalue weighted by Crippen LogP contribution is -2.38. The third-order valence-corrected chi connectivity index (χ3v) is 5.06. The molecule has 0 aliphatic carbocycles. The SMILES string of the molecule is C[C@@H](C(=O)O)S(=O)(=O)C1CCOCC1. The van der Waals surface area contributed by atoms with Crippen LogP contribution in [0.4, 0.5) is 0 Å². The van der Waals surface area contributed by atoms with Crippen molar-refractivity contribution in [2.24, 2.45) is 0 Å². The molecule has 0 radical (unpaired) electrons. The number of sulfone groups is 1. The van der Waals surface area contributed by atoms with Crippen LogP contribution in [0.5, 0.6) is 0 Å². The molecule has 0 aromatic carbocycles. The van der Waals surface area contributed by atoms with Crippen molar-refractivity contribution in [3.8, 4) is 0 Å². The number of aliphatic carboxylic acids is 1. The Bertz CT molecular complexity index is 302. The van der Waals surface area contributed by atoms with E-state index in [1.807, 2.05) is 0 Å². The van der Waals surface area contributed by atoms with Gasteiger partial charge in [0.25, 0.3) is 0 Å². The summed E-state index contributed by atoms with van der Waals surface area (Å²) in [5, 5.41) is 6.77. The molecular weight excluding hydrogens is 208 g/mol. The van der Waals surface area contributed by atoms with Gasteiger partial charge in [0.1, 0.15) is 0 Å². The van der Waals surface area contributed by atoms with Gasteiger partial charge in [0.05, 0.1) is 5.25 Å². The summed E-state index contributed by atoms with van der Waals surface area (Å²) >= 11 is 0. The Labute approximate surface area is 83.0 Å². The van der Waals surface area contributed by atoms with Crippen LogP contribution < -0.4 is 0 Å². The van der Waals surface area contributed by atoms with E-state index >= 15 is 0 Å². The molecule has 6 heteroatoms. The largest absolute Gasteiger partial charge is 0.480 e. The van der Waals surface area contributed by atoms with Crippen LogP contribution in [0.3, 0.4) is 0 Å². The van der Waals surface area contributed by atoms with E-state index in [0.717, 1.165) is 0 Å². The highest BCUT2D eigenvalue weighted by atomic mass is 32.2. The van der Waals surface area contributed by atoms with Crippen LogP contribution in [0.2, 0.25) is 0 Å². The maximum atomic E-state index is 11.7. The molecule has 14 heavy (non-hydrogen) atoms. The van der Waals surface area contributed by atoms with Gasteiger partial charge in [0.15, 0.2) is 15.1 Å². The van der Waals surface area contributed by atoms with Crippen molar-refractivity contribution in [3.05, 3.63) is 0 Å². The van der Waals surface area contributed by atoms with Gasteiger partial charge < -0.3 is 9.84 Å². The molecule has 1 fully saturated rings. The second kappa shape index (κ2) is 4.27. The van der Waals surface area contributed by atoms with Crippen molar-refractivity contribution in [1.82, 2.24) is 0 Å². The molecule has 0 bridgehead atoms. The van der Waals surface area contributed by atoms with Gasteiger partial charge in [-0.1, -0.05) is 0 Å². The smallest absolute Gasteiger partial charge is 0.321 e. The van der Waals surface area contributed by atoms with E-state index in [-0.39, 0.29) is 0 Å². The zero-order valence-electron chi connectivity index (χ0n) is 7.97. The quantitative estimate of drug-likeness (QED) is 0.730. The maximum absolute atomic E-state index is 11.7. The summed E-state index contributed by atoms with van der Waals surface area (Å²) < 4.78 is 28.4. The van der Waals surface area contributed by atoms with Crippen molar-refractivity contribution >= 4 is 15.8 Å². The first-order valence-electron chi connectivity index (χ1n) is 4.49. The minimum Gasteiger partial charge on any atom is -0.480 e. The Hall–Kier alpha value is -0.620. The molecule has 1 rings (SSSR count). The second-order valence-electron chi connectivity index (χ2n) is 3.38. The van der Waals surface area contributed by atoms with Gasteiger partial charge in [-0.25, -0.2) is 8.42 Å². The number of hydrogen-bond acceptors (Lipinski definition) is 4. The number of carboxylic acid groups (broad SMARTS) is 1. The Balaban J connectivity index is 2.78. The molecule has 1 heterocycles. The summed E-state index contributed by atoms with van der Waals surface area (Å²) in [6.07, 6.45) is 0.805. The summed E-state index contributed by atoms with van der Waals surface area (Å²) in [4.78, 5) is 10.6. The van der Waals surface area contributed by atoms with Gasteiger partial charge >= 0.3 is 5.97 Å². The van der Waals surface area contributed by atoms with Gasteiger partial charge in [0, 0.05) is 13.2 Å². The van der Waals surface area contributed by atoms with Gasteiger partial charge in [-0.05, 0) is 19.8 Å². The lowest BCUT2D eigenvalue weighted by molar-refractivity contribution is -0.136. The van der Waals surface area contributed by atoms with Crippen molar-refractivity contribution in [1.29, 1.82) is 0 Å². The van der Waals surface area contributed by atoms with Gasteiger partial charge in [-0.3, -0.25) is 4.79 Å². The molecule has 0 aromatic rings. The first-order chi connectivity index (χ1) is 6.46. The van der Waals surface area contributed by atoms with E-state index in [4.69, 9.17) is 9.84 Å². The van der Waals surface area contributed by atoms with Crippen LogP contribution >= 0.6 is 0 Å². The molecule has 1 N–H and O–H groups in total. The Kier molecular flexibility index (Phi) is 3.49. The fourth-order valence-corrected chi connectivity index (χ4v) is 3.14. The molecule has 1 saturated heterocycles. The zero-order chi connectivity index (χ0) is 10.8. The predicted molar refractivity (Wildman–Crippen MR) is 49.9 cm³/mol. The van der Waals surface area contributed by atoms with Crippen molar-refractivity contribution in [2.45, 2.75) is 30.3 Å². The number of carbonyl (C=O) groups is 1. The highest BCUT2D eigenvalue weighted by Gasteiger charge is 2.36. The van der Waals surface area contributed by atoms with Crippen LogP contribution in [0.25, 0.3) is 0 Å². The highest BCUT2D eigenvalue weighted by Crippen LogP contribution is 2.20. The monoisotopic (exact) mass is 222 g/mol. The fourth-order valence-electron chi connectivity index (χ4n) is 1.43. The van der Waals surface area contributed by atoms with E-state index in [0.29, 0.717) is 26.1 Å². The molecule has 1 aliphatic heterocycles. The van der Waals surface area contributed by atoms with Crippen LogP contribution in [-0.4, -0.2) is 43.2 Å². The van der Waals surface area contributed by atoms with E-state index < -0.39 is 26.3 Å². The molecular formula is C8H14O5S. The molecule has 0 amide bonds. The fraction of sp³-hybridized carbons (Fsp3) is 0.875. The third kappa shape index (κ3) is 2.24. The van der Waals surface area contributed by atoms with E-state index in [9.17, 15) is 13.2 Å². The van der Waals surface area contributed by atoms with Gasteiger partial charge in [-0.15, -0.1) is 0 Å². The number of rotatable bonds is 3. The summed E-state index contributed by atoms with van der Waals surface area (Å²) in [6.45, 7) is 2.01. The minimum atomic E-state index is -3.54. The van der Waals surface area contributed by atoms with E-state index in [1.165, 1.54) is 6.92 Å². The third-order valence-electron chi connectivity index (χ3n) is 2.47. The standard InChI is InChI=1S/C8H14O5S/c1-6(8(9)10)14(11,12)7-2-4-13-5-3-7/h6-7H,2-5H2,1H3,(H,9,10)/t6-/m0/s1. The maximum Gasteiger partial charge on any atom is 0.321 e. The lowest BCUT2D eigenvalue weighted by atomic mass is 10.2. The molecule has 1 atom stereocenters. The summed E-state index contributed by atoms with van der Waals surface area (Å²) in [6, 6.07) is 0. The van der Waals surface area contributed by atoms with Crippen LogP contribution in [-0.2, 0) is 19.4 Å². The molecule has 82 valence electrons. The van der Waals surface area contributed by atoms with Crippen LogP contribution in [0.1, 0.15) is 19.8 Å². The number of carboxylic acids is 1. The molecule has 0 spiro atoms. The summed E-state index contributed by atoms with van der Waals surface area (Å²) in [5.41, 5.74) is 0. The second-order valence-corrected chi connectivity index (χ2v) is 5.93. The van der Waals surface area contributed by atoms with Crippen LogP contribution in [0, 0.1) is 0 Å². The summed E-state index contributed by atoms with van der Waals surface area (Å²) in [7, 11) is -3.54. The lowest BCUT2D eigenvalue weighted by Gasteiger charge is -2.23. The van der Waals surface area contributed by atoms with Crippen molar-refractivity contribution in [2.75, 3.05) is 13.2 Å². The zero-order valence-corrected chi connectivity index (χ0v) is 8.79. The van der Waals surface area contributed by atoms with Gasteiger partial charge in [0.2, 0.25) is 0 Å². The first kappa shape index (κ1) is 11.5. The van der Waals surface area contributed by atoms with Crippen LogP contribution in [0.15, 0.2) is 0 Å². The van der Waals surface area contributed by atoms with Crippen molar-refractivity contribution < 1.29 is 23.1 Å². The average molecular weight is 222 g/mol. The number of ether oxygens (including phenoxy) is 1.